The number of nitriles is 1. The lowest BCUT2D eigenvalue weighted by atomic mass is 10.1. The topological polar surface area (TPSA) is 136 Å². The number of nitrogens with zero attached hydrogens (tertiary/aromatic N) is 4. The summed E-state index contributed by atoms with van der Waals surface area (Å²) in [5.74, 6) is -0.552. The van der Waals surface area contributed by atoms with Crippen LogP contribution in [0.4, 0.5) is 0 Å². The fourth-order valence-electron chi connectivity index (χ4n) is 3.02. The first-order valence-electron chi connectivity index (χ1n) is 10.2. The van der Waals surface area contributed by atoms with Gasteiger partial charge in [0.15, 0.2) is 5.69 Å². The van der Waals surface area contributed by atoms with E-state index >= 15 is 0 Å². The van der Waals surface area contributed by atoms with Crippen molar-refractivity contribution in [3.63, 3.8) is 0 Å². The molecular formula is C24H21N5O5. The lowest BCUT2D eigenvalue weighted by Crippen LogP contribution is -2.31. The molecule has 0 atom stereocenters. The van der Waals surface area contributed by atoms with Gasteiger partial charge in [-0.15, -0.1) is 0 Å². The molecule has 0 aliphatic carbocycles. The summed E-state index contributed by atoms with van der Waals surface area (Å²) in [6, 6.07) is 14.8. The van der Waals surface area contributed by atoms with Gasteiger partial charge in [0.25, 0.3) is 11.5 Å². The predicted octanol–water partition coefficient (Wildman–Crippen LogP) is 2.36. The first-order valence-corrected chi connectivity index (χ1v) is 10.2. The van der Waals surface area contributed by atoms with Gasteiger partial charge >= 0.3 is 5.97 Å². The smallest absolute Gasteiger partial charge is 0.337 e. The molecule has 0 saturated carbocycles. The highest BCUT2D eigenvalue weighted by atomic mass is 16.5. The number of amides is 1. The van der Waals surface area contributed by atoms with E-state index in [1.54, 1.807) is 48.5 Å². The Balaban J connectivity index is 1.87. The molecule has 3 aromatic rings. The summed E-state index contributed by atoms with van der Waals surface area (Å²) in [5, 5.41) is 17.6. The normalized spacial score (nSPS) is 10.5. The van der Waals surface area contributed by atoms with Crippen molar-refractivity contribution in [3.05, 3.63) is 86.8 Å². The van der Waals surface area contributed by atoms with Gasteiger partial charge in [-0.2, -0.15) is 20.1 Å². The van der Waals surface area contributed by atoms with Crippen LogP contribution in [-0.2, 0) is 4.74 Å². The molecule has 0 unspecified atom stereocenters. The number of ether oxygens (including phenoxy) is 2. The highest BCUT2D eigenvalue weighted by Crippen LogP contribution is 2.15. The van der Waals surface area contributed by atoms with E-state index in [4.69, 9.17) is 4.74 Å². The minimum atomic E-state index is -0.698. The van der Waals surface area contributed by atoms with Crippen LogP contribution in [0, 0.1) is 18.3 Å². The molecule has 0 aliphatic heterocycles. The van der Waals surface area contributed by atoms with Crippen LogP contribution in [0.2, 0.25) is 0 Å². The molecule has 10 heteroatoms. The van der Waals surface area contributed by atoms with Crippen LogP contribution in [0.5, 0.6) is 5.75 Å². The predicted molar refractivity (Wildman–Crippen MR) is 123 cm³/mol. The van der Waals surface area contributed by atoms with Gasteiger partial charge in [0.05, 0.1) is 31.2 Å². The summed E-state index contributed by atoms with van der Waals surface area (Å²) in [6.45, 7) is 3.81. The van der Waals surface area contributed by atoms with Crippen molar-refractivity contribution in [2.45, 2.75) is 13.8 Å². The van der Waals surface area contributed by atoms with Crippen molar-refractivity contribution in [1.82, 2.24) is 15.2 Å². The monoisotopic (exact) mass is 459 g/mol. The van der Waals surface area contributed by atoms with E-state index in [1.165, 1.54) is 20.2 Å². The molecule has 10 nitrogen and oxygen atoms in total. The number of aromatic nitrogens is 2. The van der Waals surface area contributed by atoms with Gasteiger partial charge in [-0.25, -0.2) is 10.2 Å². The molecule has 3 rings (SSSR count). The fourth-order valence-corrected chi connectivity index (χ4v) is 3.02. The minimum Gasteiger partial charge on any atom is -0.494 e. The maximum absolute atomic E-state index is 12.8. The van der Waals surface area contributed by atoms with Gasteiger partial charge in [-0.1, -0.05) is 12.1 Å². The number of carbonyl (C=O) groups excluding carboxylic acids is 2. The molecule has 2 aromatic carbocycles. The molecule has 0 aliphatic rings. The summed E-state index contributed by atoms with van der Waals surface area (Å²) in [6.07, 6.45) is 1.38. The second-order valence-corrected chi connectivity index (χ2v) is 6.92. The van der Waals surface area contributed by atoms with Crippen molar-refractivity contribution in [3.8, 4) is 17.5 Å². The number of hydrogen-bond donors (Lipinski definition) is 1. The third kappa shape index (κ3) is 5.16. The zero-order valence-corrected chi connectivity index (χ0v) is 18.7. The van der Waals surface area contributed by atoms with E-state index in [-0.39, 0.29) is 16.8 Å². The second kappa shape index (κ2) is 10.7. The SMILES string of the molecule is CCOc1ccc(-n2nc(C(=O)N/N=C/c3ccc(C(=O)OC)cc3)c(C)c(C#N)c2=O)cc1. The quantitative estimate of drug-likeness (QED) is 0.325. The molecule has 0 radical (unpaired) electrons. The average Bonchev–Trinajstić information content (AvgIpc) is 2.85. The Morgan fingerprint density at radius 3 is 2.44 bits per heavy atom. The number of rotatable bonds is 7. The van der Waals surface area contributed by atoms with Crippen LogP contribution < -0.4 is 15.7 Å². The van der Waals surface area contributed by atoms with E-state index in [2.05, 4.69) is 20.4 Å². The van der Waals surface area contributed by atoms with Gasteiger partial charge in [0.1, 0.15) is 17.4 Å². The molecular weight excluding hydrogens is 438 g/mol. The number of carbonyl (C=O) groups is 2. The Morgan fingerprint density at radius 2 is 1.85 bits per heavy atom. The van der Waals surface area contributed by atoms with Crippen molar-refractivity contribution in [1.29, 1.82) is 5.26 Å². The number of benzene rings is 2. The maximum atomic E-state index is 12.8. The van der Waals surface area contributed by atoms with Gasteiger partial charge in [0.2, 0.25) is 0 Å². The third-order valence-electron chi connectivity index (χ3n) is 4.77. The fraction of sp³-hybridized carbons (Fsp3) is 0.167. The Morgan fingerprint density at radius 1 is 1.18 bits per heavy atom. The summed E-state index contributed by atoms with van der Waals surface area (Å²) in [7, 11) is 1.29. The molecule has 1 amide bonds. The molecule has 34 heavy (non-hydrogen) atoms. The lowest BCUT2D eigenvalue weighted by molar-refractivity contribution is 0.0600. The van der Waals surface area contributed by atoms with E-state index in [1.807, 2.05) is 13.0 Å². The van der Waals surface area contributed by atoms with Crippen LogP contribution in [-0.4, -0.2) is 41.6 Å². The highest BCUT2D eigenvalue weighted by molar-refractivity contribution is 5.95. The van der Waals surface area contributed by atoms with Gasteiger partial charge in [-0.05, 0) is 55.8 Å². The van der Waals surface area contributed by atoms with Crippen molar-refractivity contribution in [2.75, 3.05) is 13.7 Å². The van der Waals surface area contributed by atoms with E-state index in [9.17, 15) is 19.6 Å². The van der Waals surface area contributed by atoms with Crippen LogP contribution in [0.1, 0.15) is 44.5 Å². The number of hydrazone groups is 1. The molecule has 0 bridgehead atoms. The van der Waals surface area contributed by atoms with Crippen LogP contribution in [0.15, 0.2) is 58.4 Å². The maximum Gasteiger partial charge on any atom is 0.337 e. The molecule has 0 spiro atoms. The van der Waals surface area contributed by atoms with Gasteiger partial charge in [-0.3, -0.25) is 9.59 Å². The minimum absolute atomic E-state index is 0.122. The van der Waals surface area contributed by atoms with Crippen molar-refractivity contribution >= 4 is 18.1 Å². The molecule has 1 heterocycles. The second-order valence-electron chi connectivity index (χ2n) is 6.92. The average molecular weight is 459 g/mol. The highest BCUT2D eigenvalue weighted by Gasteiger charge is 2.20. The Bertz CT molecular complexity index is 1340. The number of esters is 1. The van der Waals surface area contributed by atoms with Crippen LogP contribution >= 0.6 is 0 Å². The van der Waals surface area contributed by atoms with Crippen LogP contribution in [0.25, 0.3) is 5.69 Å². The van der Waals surface area contributed by atoms with E-state index < -0.39 is 17.4 Å². The standard InChI is InChI=1S/C24H21N5O5/c1-4-34-19-11-9-18(10-12-19)29-23(31)20(13-25)15(2)21(28-29)22(30)27-26-14-16-5-7-17(8-6-16)24(32)33-3/h5-12,14H,4H2,1-3H3,(H,27,30)/b26-14+. The van der Waals surface area contributed by atoms with Crippen molar-refractivity contribution in [2.24, 2.45) is 5.10 Å². The molecule has 0 saturated heterocycles. The third-order valence-corrected chi connectivity index (χ3v) is 4.77. The largest absolute Gasteiger partial charge is 0.494 e. The Kier molecular flexibility index (Phi) is 7.51. The number of hydrogen-bond acceptors (Lipinski definition) is 8. The van der Waals surface area contributed by atoms with Crippen molar-refractivity contribution < 1.29 is 19.1 Å². The van der Waals surface area contributed by atoms with E-state index in [0.717, 1.165) is 4.68 Å². The zero-order chi connectivity index (χ0) is 24.7. The Hall–Kier alpha value is -4.78. The van der Waals surface area contributed by atoms with Crippen LogP contribution in [0.3, 0.4) is 0 Å². The zero-order valence-electron chi connectivity index (χ0n) is 18.7. The molecule has 1 N–H and O–H groups in total. The van der Waals surface area contributed by atoms with E-state index in [0.29, 0.717) is 29.2 Å². The first kappa shape index (κ1) is 23.9. The number of methoxy groups -OCH3 is 1. The number of nitrogens with one attached hydrogen (secondary N) is 1. The molecule has 0 fully saturated rings. The lowest BCUT2D eigenvalue weighted by Gasteiger charge is -2.11. The molecule has 172 valence electrons. The first-order chi connectivity index (χ1) is 16.4. The summed E-state index contributed by atoms with van der Waals surface area (Å²) >= 11 is 0. The summed E-state index contributed by atoms with van der Waals surface area (Å²) in [5.41, 5.74) is 2.89. The Labute approximate surface area is 195 Å². The summed E-state index contributed by atoms with van der Waals surface area (Å²) in [4.78, 5) is 37.0. The summed E-state index contributed by atoms with van der Waals surface area (Å²) < 4.78 is 11.0. The van der Waals surface area contributed by atoms with Gasteiger partial charge in [0, 0.05) is 5.56 Å². The van der Waals surface area contributed by atoms with Gasteiger partial charge < -0.3 is 9.47 Å². The molecule has 1 aromatic heterocycles.